The van der Waals surface area contributed by atoms with Crippen molar-refractivity contribution in [1.29, 1.82) is 0 Å². The Morgan fingerprint density at radius 2 is 2.30 bits per heavy atom. The molecular weight excluding hydrogens is 258 g/mol. The first-order chi connectivity index (χ1) is 9.86. The molecule has 5 heteroatoms. The highest BCUT2D eigenvalue weighted by Crippen LogP contribution is 2.41. The van der Waals surface area contributed by atoms with Gasteiger partial charge >= 0.3 is 0 Å². The molecule has 0 spiro atoms. The lowest BCUT2D eigenvalue weighted by molar-refractivity contribution is 0.171. The Morgan fingerprint density at radius 3 is 3.10 bits per heavy atom. The summed E-state index contributed by atoms with van der Waals surface area (Å²) in [5.41, 5.74) is 1.15. The minimum Gasteiger partial charge on any atom is -0.493 e. The molecule has 5 nitrogen and oxygen atoms in total. The van der Waals surface area contributed by atoms with Crippen LogP contribution < -0.4 is 19.5 Å². The van der Waals surface area contributed by atoms with E-state index in [-0.39, 0.29) is 6.79 Å². The third kappa shape index (κ3) is 2.99. The molecule has 0 aromatic heterocycles. The van der Waals surface area contributed by atoms with Crippen LogP contribution in [0, 0.1) is 5.92 Å². The van der Waals surface area contributed by atoms with Crippen LogP contribution in [-0.2, 0) is 11.3 Å². The zero-order valence-corrected chi connectivity index (χ0v) is 11.8. The van der Waals surface area contributed by atoms with Gasteiger partial charge in [0, 0.05) is 19.8 Å². The summed E-state index contributed by atoms with van der Waals surface area (Å²) in [5, 5.41) is 3.46. The molecule has 1 N–H and O–H groups in total. The number of rotatable bonds is 6. The SMILES string of the molecule is COc1cc(CNCCC2CCOC2)cc2c1OCO2. The Bertz CT molecular complexity index is 457. The van der Waals surface area contributed by atoms with Gasteiger partial charge in [-0.1, -0.05) is 0 Å². The van der Waals surface area contributed by atoms with Crippen LogP contribution in [0.5, 0.6) is 17.2 Å². The highest BCUT2D eigenvalue weighted by Gasteiger charge is 2.20. The van der Waals surface area contributed by atoms with E-state index < -0.39 is 0 Å². The average molecular weight is 279 g/mol. The lowest BCUT2D eigenvalue weighted by Gasteiger charge is -2.11. The summed E-state index contributed by atoms with van der Waals surface area (Å²) in [4.78, 5) is 0. The normalized spacial score (nSPS) is 20.4. The molecule has 1 atom stereocenters. The number of fused-ring (bicyclic) bond motifs is 1. The highest BCUT2D eigenvalue weighted by molar-refractivity contribution is 5.55. The van der Waals surface area contributed by atoms with Crippen molar-refractivity contribution in [2.75, 3.05) is 33.7 Å². The van der Waals surface area contributed by atoms with Crippen LogP contribution in [-0.4, -0.2) is 33.7 Å². The molecule has 1 unspecified atom stereocenters. The van der Waals surface area contributed by atoms with Gasteiger partial charge in [-0.2, -0.15) is 0 Å². The van der Waals surface area contributed by atoms with E-state index in [4.69, 9.17) is 18.9 Å². The number of benzene rings is 1. The van der Waals surface area contributed by atoms with Gasteiger partial charge in [0.05, 0.1) is 7.11 Å². The van der Waals surface area contributed by atoms with Gasteiger partial charge in [0.15, 0.2) is 11.5 Å². The molecule has 110 valence electrons. The van der Waals surface area contributed by atoms with Gasteiger partial charge in [-0.05, 0) is 43.0 Å². The highest BCUT2D eigenvalue weighted by atomic mass is 16.7. The van der Waals surface area contributed by atoms with Crippen LogP contribution in [0.25, 0.3) is 0 Å². The van der Waals surface area contributed by atoms with Crippen LogP contribution >= 0.6 is 0 Å². The Hall–Kier alpha value is -1.46. The molecule has 2 heterocycles. The van der Waals surface area contributed by atoms with Crippen molar-refractivity contribution in [2.45, 2.75) is 19.4 Å². The van der Waals surface area contributed by atoms with Gasteiger partial charge < -0.3 is 24.3 Å². The quantitative estimate of drug-likeness (QED) is 0.806. The van der Waals surface area contributed by atoms with Crippen molar-refractivity contribution < 1.29 is 18.9 Å². The third-order valence-electron chi connectivity index (χ3n) is 3.80. The maximum absolute atomic E-state index is 5.42. The molecule has 0 saturated carbocycles. The molecule has 20 heavy (non-hydrogen) atoms. The molecule has 0 bridgehead atoms. The predicted molar refractivity (Wildman–Crippen MR) is 74.4 cm³/mol. The van der Waals surface area contributed by atoms with Crippen molar-refractivity contribution in [1.82, 2.24) is 5.32 Å². The van der Waals surface area contributed by atoms with E-state index in [1.54, 1.807) is 7.11 Å². The zero-order chi connectivity index (χ0) is 13.8. The number of nitrogens with one attached hydrogen (secondary N) is 1. The molecule has 2 aliphatic heterocycles. The summed E-state index contributed by atoms with van der Waals surface area (Å²) < 4.78 is 21.5. The van der Waals surface area contributed by atoms with E-state index in [0.717, 1.165) is 43.4 Å². The lowest BCUT2D eigenvalue weighted by atomic mass is 10.1. The van der Waals surface area contributed by atoms with Gasteiger partial charge in [0.1, 0.15) is 0 Å². The Labute approximate surface area is 119 Å². The Kier molecular flexibility index (Phi) is 4.28. The fraction of sp³-hybridized carbons (Fsp3) is 0.600. The van der Waals surface area contributed by atoms with E-state index in [2.05, 4.69) is 5.32 Å². The second-order valence-corrected chi connectivity index (χ2v) is 5.23. The first-order valence-corrected chi connectivity index (χ1v) is 7.12. The summed E-state index contributed by atoms with van der Waals surface area (Å²) >= 11 is 0. The molecule has 0 aliphatic carbocycles. The van der Waals surface area contributed by atoms with Crippen LogP contribution in [0.2, 0.25) is 0 Å². The average Bonchev–Trinajstić information content (AvgIpc) is 3.13. The minimum atomic E-state index is 0.268. The second-order valence-electron chi connectivity index (χ2n) is 5.23. The van der Waals surface area contributed by atoms with Crippen molar-refractivity contribution in [3.63, 3.8) is 0 Å². The maximum atomic E-state index is 5.42. The van der Waals surface area contributed by atoms with Crippen molar-refractivity contribution in [3.05, 3.63) is 17.7 Å². The standard InChI is InChI=1S/C15H21NO4/c1-17-13-6-12(7-14-15(13)20-10-19-14)8-16-4-2-11-3-5-18-9-11/h6-7,11,16H,2-5,8-10H2,1H3. The fourth-order valence-corrected chi connectivity index (χ4v) is 2.64. The van der Waals surface area contributed by atoms with E-state index in [1.807, 2.05) is 12.1 Å². The summed E-state index contributed by atoms with van der Waals surface area (Å²) in [5.74, 6) is 2.93. The molecule has 1 fully saturated rings. The number of hydrogen-bond acceptors (Lipinski definition) is 5. The van der Waals surface area contributed by atoms with Crippen molar-refractivity contribution in [3.8, 4) is 17.2 Å². The smallest absolute Gasteiger partial charge is 0.231 e. The first kappa shape index (κ1) is 13.5. The van der Waals surface area contributed by atoms with Gasteiger partial charge in [0.2, 0.25) is 12.5 Å². The van der Waals surface area contributed by atoms with Crippen molar-refractivity contribution >= 4 is 0 Å². The van der Waals surface area contributed by atoms with Gasteiger partial charge in [-0.25, -0.2) is 0 Å². The second kappa shape index (κ2) is 6.33. The molecular formula is C15H21NO4. The third-order valence-corrected chi connectivity index (χ3v) is 3.80. The van der Waals surface area contributed by atoms with Gasteiger partial charge in [-0.15, -0.1) is 0 Å². The predicted octanol–water partition coefficient (Wildman–Crippen LogP) is 1.94. The van der Waals surface area contributed by atoms with Crippen LogP contribution in [0.3, 0.4) is 0 Å². The van der Waals surface area contributed by atoms with Gasteiger partial charge in [-0.3, -0.25) is 0 Å². The van der Waals surface area contributed by atoms with Crippen LogP contribution in [0.15, 0.2) is 12.1 Å². The Morgan fingerprint density at radius 1 is 1.35 bits per heavy atom. The largest absolute Gasteiger partial charge is 0.493 e. The summed E-state index contributed by atoms with van der Waals surface area (Å²) in [6, 6.07) is 4.01. The fourth-order valence-electron chi connectivity index (χ4n) is 2.64. The first-order valence-electron chi connectivity index (χ1n) is 7.12. The molecule has 1 aromatic carbocycles. The molecule has 3 rings (SSSR count). The molecule has 0 amide bonds. The maximum Gasteiger partial charge on any atom is 0.231 e. The number of methoxy groups -OCH3 is 1. The number of hydrogen-bond donors (Lipinski definition) is 1. The van der Waals surface area contributed by atoms with Crippen LogP contribution in [0.1, 0.15) is 18.4 Å². The molecule has 2 aliphatic rings. The lowest BCUT2D eigenvalue weighted by Crippen LogP contribution is -2.18. The zero-order valence-electron chi connectivity index (χ0n) is 11.8. The monoisotopic (exact) mass is 279 g/mol. The van der Waals surface area contributed by atoms with Gasteiger partial charge in [0.25, 0.3) is 0 Å². The van der Waals surface area contributed by atoms with E-state index in [0.29, 0.717) is 11.7 Å². The van der Waals surface area contributed by atoms with E-state index in [9.17, 15) is 0 Å². The van der Waals surface area contributed by atoms with E-state index in [1.165, 1.54) is 12.8 Å². The summed E-state index contributed by atoms with van der Waals surface area (Å²) in [6.45, 7) is 3.92. The summed E-state index contributed by atoms with van der Waals surface area (Å²) in [7, 11) is 1.65. The Balaban J connectivity index is 1.52. The number of ether oxygens (including phenoxy) is 4. The van der Waals surface area contributed by atoms with E-state index >= 15 is 0 Å². The minimum absolute atomic E-state index is 0.268. The molecule has 1 saturated heterocycles. The molecule has 1 aromatic rings. The van der Waals surface area contributed by atoms with Crippen molar-refractivity contribution in [2.24, 2.45) is 5.92 Å². The summed E-state index contributed by atoms with van der Waals surface area (Å²) in [6.07, 6.45) is 2.36. The molecule has 0 radical (unpaired) electrons. The topological polar surface area (TPSA) is 49.0 Å². The van der Waals surface area contributed by atoms with Crippen LogP contribution in [0.4, 0.5) is 0 Å².